The van der Waals surface area contributed by atoms with E-state index in [0.717, 1.165) is 77.0 Å². The minimum absolute atomic E-state index is 0.151. The number of carbonyl (C=O) groups excluding carboxylic acids is 2. The molecule has 0 bridgehead atoms. The fraction of sp³-hybridized carbons (Fsp3) is 0.732. The number of phosphoric acid groups is 1. The first-order valence-corrected chi connectivity index (χ1v) is 21.7. The van der Waals surface area contributed by atoms with Crippen LogP contribution < -0.4 is 5.73 Å². The van der Waals surface area contributed by atoms with Gasteiger partial charge in [-0.05, 0) is 51.4 Å². The summed E-state index contributed by atoms with van der Waals surface area (Å²) in [6, 6.07) is -1.52. The number of aliphatic carboxylic acids is 1. The van der Waals surface area contributed by atoms with E-state index in [1.165, 1.54) is 44.9 Å². The quantitative estimate of drug-likeness (QED) is 0.0238. The van der Waals surface area contributed by atoms with E-state index in [9.17, 15) is 23.8 Å². The molecule has 306 valence electrons. The van der Waals surface area contributed by atoms with E-state index in [4.69, 9.17) is 24.8 Å². The molecule has 0 aliphatic carbocycles. The first-order chi connectivity index (χ1) is 25.6. The molecular formula is C41H72NO10P. The van der Waals surface area contributed by atoms with Crippen LogP contribution in [0.4, 0.5) is 0 Å². The smallest absolute Gasteiger partial charge is 0.472 e. The van der Waals surface area contributed by atoms with E-state index < -0.39 is 51.1 Å². The summed E-state index contributed by atoms with van der Waals surface area (Å²) in [5, 5.41) is 8.86. The fourth-order valence-corrected chi connectivity index (χ4v) is 5.95. The van der Waals surface area contributed by atoms with Gasteiger partial charge in [0.25, 0.3) is 0 Å². The van der Waals surface area contributed by atoms with Crippen LogP contribution in [0.2, 0.25) is 0 Å². The Labute approximate surface area is 320 Å². The van der Waals surface area contributed by atoms with Gasteiger partial charge in [-0.15, -0.1) is 0 Å². The average molecular weight is 770 g/mol. The molecule has 0 aromatic rings. The summed E-state index contributed by atoms with van der Waals surface area (Å²) in [7, 11) is -4.71. The Kier molecular flexibility index (Phi) is 34.7. The second-order valence-corrected chi connectivity index (χ2v) is 14.8. The van der Waals surface area contributed by atoms with Crippen molar-refractivity contribution in [3.05, 3.63) is 48.6 Å². The number of carboxylic acid groups (broad SMARTS) is 1. The number of hydrogen-bond donors (Lipinski definition) is 3. The van der Waals surface area contributed by atoms with Crippen molar-refractivity contribution in [3.8, 4) is 0 Å². The minimum Gasteiger partial charge on any atom is -0.480 e. The number of carboxylic acids is 1. The average Bonchev–Trinajstić information content (AvgIpc) is 3.13. The predicted molar refractivity (Wildman–Crippen MR) is 212 cm³/mol. The van der Waals surface area contributed by atoms with Gasteiger partial charge in [-0.3, -0.25) is 23.4 Å². The summed E-state index contributed by atoms with van der Waals surface area (Å²) in [6.45, 7) is 2.63. The SMILES string of the molecule is CC/C=C\C/C=C\C/C=C\C/C=C\CCCCCCCCCCC(=O)OC(COC(=O)CCCCCCCCCC)COP(=O)(O)OCC(N)C(=O)O. The zero-order chi connectivity index (χ0) is 39.3. The number of hydrogen-bond acceptors (Lipinski definition) is 9. The summed E-state index contributed by atoms with van der Waals surface area (Å²) in [5.74, 6) is -2.40. The van der Waals surface area contributed by atoms with E-state index in [-0.39, 0.29) is 19.4 Å². The normalized spacial score (nSPS) is 14.3. The minimum atomic E-state index is -4.71. The lowest BCUT2D eigenvalue weighted by molar-refractivity contribution is -0.161. The van der Waals surface area contributed by atoms with Gasteiger partial charge in [-0.2, -0.15) is 0 Å². The van der Waals surface area contributed by atoms with E-state index in [0.29, 0.717) is 12.8 Å². The van der Waals surface area contributed by atoms with Gasteiger partial charge in [0.05, 0.1) is 13.2 Å². The first-order valence-electron chi connectivity index (χ1n) is 20.2. The number of ether oxygens (including phenoxy) is 2. The molecule has 0 spiro atoms. The molecule has 3 atom stereocenters. The molecule has 53 heavy (non-hydrogen) atoms. The number of allylic oxidation sites excluding steroid dienone is 8. The lowest BCUT2D eigenvalue weighted by Gasteiger charge is -2.20. The Hall–Kier alpha value is -2.56. The number of esters is 2. The van der Waals surface area contributed by atoms with E-state index in [2.05, 4.69) is 67.0 Å². The van der Waals surface area contributed by atoms with Gasteiger partial charge >= 0.3 is 25.7 Å². The molecule has 0 aromatic heterocycles. The van der Waals surface area contributed by atoms with Crippen molar-refractivity contribution in [2.75, 3.05) is 19.8 Å². The molecule has 4 N–H and O–H groups in total. The number of carbonyl (C=O) groups is 3. The van der Waals surface area contributed by atoms with Gasteiger partial charge < -0.3 is 25.2 Å². The zero-order valence-corrected chi connectivity index (χ0v) is 33.7. The molecule has 0 fully saturated rings. The van der Waals surface area contributed by atoms with Crippen LogP contribution in [0.1, 0.15) is 162 Å². The fourth-order valence-electron chi connectivity index (χ4n) is 5.17. The van der Waals surface area contributed by atoms with Crippen molar-refractivity contribution >= 4 is 25.7 Å². The molecule has 0 amide bonds. The molecule has 0 aromatic carbocycles. The Bertz CT molecular complexity index is 1090. The number of unbranched alkanes of at least 4 members (excludes halogenated alkanes) is 15. The Morgan fingerprint density at radius 3 is 1.58 bits per heavy atom. The summed E-state index contributed by atoms with van der Waals surface area (Å²) >= 11 is 0. The second-order valence-electron chi connectivity index (χ2n) is 13.4. The van der Waals surface area contributed by atoms with Gasteiger partial charge in [-0.1, -0.05) is 146 Å². The van der Waals surface area contributed by atoms with Crippen molar-refractivity contribution in [2.24, 2.45) is 5.73 Å². The summed E-state index contributed by atoms with van der Waals surface area (Å²) in [6.07, 6.45) is 39.1. The topological polar surface area (TPSA) is 172 Å². The third-order valence-corrected chi connectivity index (χ3v) is 9.29. The van der Waals surface area contributed by atoms with Crippen LogP contribution >= 0.6 is 7.82 Å². The molecule has 0 aliphatic heterocycles. The second kappa shape index (κ2) is 36.4. The highest BCUT2D eigenvalue weighted by molar-refractivity contribution is 7.47. The van der Waals surface area contributed by atoms with Crippen LogP contribution in [0, 0.1) is 0 Å². The highest BCUT2D eigenvalue weighted by Gasteiger charge is 2.28. The number of phosphoric ester groups is 1. The summed E-state index contributed by atoms with van der Waals surface area (Å²) < 4.78 is 32.5. The van der Waals surface area contributed by atoms with E-state index in [1.807, 2.05) is 0 Å². The van der Waals surface area contributed by atoms with Crippen molar-refractivity contribution in [2.45, 2.75) is 174 Å². The van der Waals surface area contributed by atoms with Gasteiger partial charge in [0.1, 0.15) is 12.6 Å². The van der Waals surface area contributed by atoms with Crippen LogP contribution in [0.3, 0.4) is 0 Å². The molecule has 0 heterocycles. The van der Waals surface area contributed by atoms with Crippen molar-refractivity contribution in [3.63, 3.8) is 0 Å². The van der Waals surface area contributed by atoms with Gasteiger partial charge in [0, 0.05) is 12.8 Å². The molecule has 0 rings (SSSR count). The van der Waals surface area contributed by atoms with Crippen molar-refractivity contribution in [1.82, 2.24) is 0 Å². The summed E-state index contributed by atoms with van der Waals surface area (Å²) in [5.41, 5.74) is 5.31. The maximum atomic E-state index is 12.6. The van der Waals surface area contributed by atoms with Crippen LogP contribution in [-0.4, -0.2) is 59.9 Å². The Balaban J connectivity index is 4.31. The molecule has 0 saturated heterocycles. The lowest BCUT2D eigenvalue weighted by atomic mass is 10.1. The zero-order valence-electron chi connectivity index (χ0n) is 32.8. The van der Waals surface area contributed by atoms with Crippen molar-refractivity contribution < 1.29 is 47.5 Å². The molecule has 3 unspecified atom stereocenters. The van der Waals surface area contributed by atoms with Crippen molar-refractivity contribution in [1.29, 1.82) is 0 Å². The highest BCUT2D eigenvalue weighted by Crippen LogP contribution is 2.43. The van der Waals surface area contributed by atoms with E-state index >= 15 is 0 Å². The van der Waals surface area contributed by atoms with Crippen LogP contribution in [0.25, 0.3) is 0 Å². The third-order valence-electron chi connectivity index (χ3n) is 8.34. The number of rotatable bonds is 37. The standard InChI is InChI=1S/C41H72NO10P/c1-3-5-7-9-11-13-14-15-16-17-18-19-20-21-22-23-24-25-27-29-31-33-40(44)52-37(35-50-53(47,48)51-36-38(42)41(45)46)34-49-39(43)32-30-28-26-12-10-8-6-4-2/h5,7,11,13,15-16,18-19,37-38H,3-4,6,8-10,12,14,17,20-36,42H2,1-2H3,(H,45,46)(H,47,48)/b7-5-,13-11-,16-15-,19-18-. The Morgan fingerprint density at radius 1 is 0.604 bits per heavy atom. The molecule has 0 saturated carbocycles. The first kappa shape index (κ1) is 50.4. The molecule has 0 aliphatic rings. The maximum Gasteiger partial charge on any atom is 0.472 e. The summed E-state index contributed by atoms with van der Waals surface area (Å²) in [4.78, 5) is 45.7. The van der Waals surface area contributed by atoms with E-state index in [1.54, 1.807) is 0 Å². The predicted octanol–water partition coefficient (Wildman–Crippen LogP) is 10.2. The Morgan fingerprint density at radius 2 is 1.06 bits per heavy atom. The highest BCUT2D eigenvalue weighted by atomic mass is 31.2. The maximum absolute atomic E-state index is 12.6. The monoisotopic (exact) mass is 769 g/mol. The largest absolute Gasteiger partial charge is 0.480 e. The van der Waals surface area contributed by atoms with Gasteiger partial charge in [-0.25, -0.2) is 4.57 Å². The molecule has 0 radical (unpaired) electrons. The lowest BCUT2D eigenvalue weighted by Crippen LogP contribution is -2.34. The van der Waals surface area contributed by atoms with Gasteiger partial charge in [0.2, 0.25) is 0 Å². The van der Waals surface area contributed by atoms with Crippen LogP contribution in [-0.2, 0) is 37.5 Å². The molecule has 12 heteroatoms. The number of nitrogens with two attached hydrogens (primary N) is 1. The molecular weight excluding hydrogens is 697 g/mol. The third kappa shape index (κ3) is 36.2. The molecule has 11 nitrogen and oxygen atoms in total. The van der Waals surface area contributed by atoms with Crippen LogP contribution in [0.15, 0.2) is 48.6 Å². The van der Waals surface area contributed by atoms with Gasteiger partial charge in [0.15, 0.2) is 6.10 Å². The van der Waals surface area contributed by atoms with Crippen LogP contribution in [0.5, 0.6) is 0 Å².